The number of hydrogen-bond acceptors (Lipinski definition) is 2. The molecule has 2 heteroatoms. The molecule has 2 nitrogen and oxygen atoms in total. The highest BCUT2D eigenvalue weighted by atomic mass is 16.3. The topological polar surface area (TPSA) is 37.3 Å². The maximum Gasteiger partial charge on any atom is 0.138 e. The van der Waals surface area contributed by atoms with E-state index in [0.29, 0.717) is 39.3 Å². The molecular formula is C30H48O2. The van der Waals surface area contributed by atoms with E-state index in [1.165, 1.54) is 56.9 Å². The van der Waals surface area contributed by atoms with Crippen LogP contribution in [0.3, 0.4) is 0 Å². The number of allylic oxidation sites excluding steroid dienone is 1. The van der Waals surface area contributed by atoms with Crippen molar-refractivity contribution in [2.45, 2.75) is 119 Å². The molecule has 5 aliphatic carbocycles. The minimum absolute atomic E-state index is 0.109. The summed E-state index contributed by atoms with van der Waals surface area (Å²) in [5.41, 5.74) is 2.93. The average Bonchev–Trinajstić information content (AvgIpc) is 3.27. The number of fused-ring (bicyclic) bond motifs is 2. The number of ketones is 1. The normalized spacial score (nSPS) is 50.4. The molecule has 2 spiro atoms. The first-order valence-corrected chi connectivity index (χ1v) is 13.7. The van der Waals surface area contributed by atoms with Crippen molar-refractivity contribution in [3.05, 3.63) is 11.6 Å². The second kappa shape index (κ2) is 6.96. The summed E-state index contributed by atoms with van der Waals surface area (Å²) in [6.07, 6.45) is 14.1. The van der Waals surface area contributed by atoms with Gasteiger partial charge in [0.15, 0.2) is 0 Å². The van der Waals surface area contributed by atoms with Crippen molar-refractivity contribution in [2.24, 2.45) is 50.7 Å². The summed E-state index contributed by atoms with van der Waals surface area (Å²) in [6, 6.07) is 0. The first-order valence-electron chi connectivity index (χ1n) is 13.7. The van der Waals surface area contributed by atoms with E-state index in [9.17, 15) is 9.90 Å². The van der Waals surface area contributed by atoms with Crippen LogP contribution in [0.1, 0.15) is 113 Å². The van der Waals surface area contributed by atoms with E-state index >= 15 is 0 Å². The van der Waals surface area contributed by atoms with Crippen LogP contribution in [-0.2, 0) is 4.79 Å². The van der Waals surface area contributed by atoms with Gasteiger partial charge in [-0.2, -0.15) is 0 Å². The third kappa shape index (κ3) is 2.71. The number of aliphatic hydroxyl groups excluding tert-OH is 1. The van der Waals surface area contributed by atoms with Gasteiger partial charge in [-0.15, -0.1) is 0 Å². The number of Topliss-reactive ketones (excluding diaryl/α,β-unsaturated/α-hetero) is 1. The van der Waals surface area contributed by atoms with E-state index in [2.05, 4.69) is 48.5 Å². The molecule has 1 N–H and O–H groups in total. The third-order valence-electron chi connectivity index (χ3n) is 12.7. The minimum Gasteiger partial charge on any atom is -0.389 e. The second-order valence-corrected chi connectivity index (χ2v) is 14.3. The van der Waals surface area contributed by atoms with Crippen molar-refractivity contribution in [1.82, 2.24) is 0 Å². The molecule has 0 unspecified atom stereocenters. The van der Waals surface area contributed by atoms with Crippen LogP contribution in [0, 0.1) is 50.7 Å². The molecule has 5 fully saturated rings. The fourth-order valence-electron chi connectivity index (χ4n) is 11.1. The van der Waals surface area contributed by atoms with Gasteiger partial charge in [0.05, 0.1) is 6.10 Å². The molecule has 0 bridgehead atoms. The molecule has 0 heterocycles. The highest BCUT2D eigenvalue weighted by Gasteiger charge is 2.82. The third-order valence-corrected chi connectivity index (χ3v) is 12.7. The summed E-state index contributed by atoms with van der Waals surface area (Å²) in [5.74, 6) is 3.29. The monoisotopic (exact) mass is 440 g/mol. The zero-order chi connectivity index (χ0) is 23.3. The SMILES string of the molecule is CC(C)=C[C@H](O)C[C@@H](C)[C@H]1CC[C@@]2(C)[C@H]3CC[C@H]4C(C)(C)C(=O)CC[C@@]45C[C@@]35CC[C@]12C. The van der Waals surface area contributed by atoms with E-state index in [0.717, 1.165) is 24.7 Å². The van der Waals surface area contributed by atoms with Crippen molar-refractivity contribution in [3.63, 3.8) is 0 Å². The Morgan fingerprint density at radius 3 is 2.31 bits per heavy atom. The Morgan fingerprint density at radius 2 is 1.62 bits per heavy atom. The van der Waals surface area contributed by atoms with Gasteiger partial charge in [0.1, 0.15) is 5.78 Å². The lowest BCUT2D eigenvalue weighted by atomic mass is 9.42. The second-order valence-electron chi connectivity index (χ2n) is 14.3. The first-order chi connectivity index (χ1) is 14.8. The molecule has 5 saturated carbocycles. The molecule has 5 aliphatic rings. The predicted octanol–water partition coefficient (Wildman–Crippen LogP) is 7.35. The molecule has 0 amide bonds. The van der Waals surface area contributed by atoms with Crippen LogP contribution < -0.4 is 0 Å². The Balaban J connectivity index is 1.42. The van der Waals surface area contributed by atoms with E-state index in [4.69, 9.17) is 0 Å². The average molecular weight is 441 g/mol. The van der Waals surface area contributed by atoms with E-state index in [-0.39, 0.29) is 11.5 Å². The van der Waals surface area contributed by atoms with Gasteiger partial charge in [0.25, 0.3) is 0 Å². The fraction of sp³-hybridized carbons (Fsp3) is 0.900. The van der Waals surface area contributed by atoms with Crippen LogP contribution in [0.4, 0.5) is 0 Å². The standard InChI is InChI=1S/C30H48O2/c1-19(2)16-21(31)17-20(3)22-10-12-28(7)24-9-8-23-26(4,5)25(32)11-13-29(23)18-30(24,29)15-14-27(22,28)6/h16,20-24,31H,8-15,17-18H2,1-7H3/t20-,21+,22-,23+,24-,27-,28+,29-,30+/m1/s1. The van der Waals surface area contributed by atoms with Crippen molar-refractivity contribution in [2.75, 3.05) is 0 Å². The lowest BCUT2D eigenvalue weighted by Gasteiger charge is -2.62. The molecule has 0 radical (unpaired) electrons. The largest absolute Gasteiger partial charge is 0.389 e. The molecular weight excluding hydrogens is 392 g/mol. The summed E-state index contributed by atoms with van der Waals surface area (Å²) in [4.78, 5) is 12.8. The number of hydrogen-bond donors (Lipinski definition) is 1. The Bertz CT molecular complexity index is 836. The van der Waals surface area contributed by atoms with Gasteiger partial charge in [0.2, 0.25) is 0 Å². The number of rotatable bonds is 4. The summed E-state index contributed by atoms with van der Waals surface area (Å²) in [6.45, 7) is 16.4. The Kier molecular flexibility index (Phi) is 5.03. The first kappa shape index (κ1) is 23.1. The number of carbonyl (C=O) groups is 1. The van der Waals surface area contributed by atoms with Gasteiger partial charge in [-0.1, -0.05) is 46.3 Å². The molecule has 0 saturated heterocycles. The van der Waals surface area contributed by atoms with Crippen molar-refractivity contribution in [1.29, 1.82) is 0 Å². The van der Waals surface area contributed by atoms with Crippen molar-refractivity contribution in [3.8, 4) is 0 Å². The Hall–Kier alpha value is -0.630. The molecule has 0 aromatic heterocycles. The van der Waals surface area contributed by atoms with Crippen LogP contribution in [0.15, 0.2) is 11.6 Å². The lowest BCUT2D eigenvalue weighted by Crippen LogP contribution is -2.57. The van der Waals surface area contributed by atoms with E-state index in [1.54, 1.807) is 0 Å². The Labute approximate surface area is 197 Å². The van der Waals surface area contributed by atoms with Gasteiger partial charge in [0, 0.05) is 11.8 Å². The van der Waals surface area contributed by atoms with Gasteiger partial charge < -0.3 is 5.11 Å². The number of carbonyl (C=O) groups excluding carboxylic acids is 1. The highest BCUT2D eigenvalue weighted by molar-refractivity contribution is 5.86. The zero-order valence-electron chi connectivity index (χ0n) is 21.9. The predicted molar refractivity (Wildman–Crippen MR) is 131 cm³/mol. The summed E-state index contributed by atoms with van der Waals surface area (Å²) in [7, 11) is 0. The maximum atomic E-state index is 12.8. The van der Waals surface area contributed by atoms with E-state index < -0.39 is 0 Å². The van der Waals surface area contributed by atoms with Crippen molar-refractivity contribution >= 4 is 5.78 Å². The van der Waals surface area contributed by atoms with Gasteiger partial charge in [-0.25, -0.2) is 0 Å². The van der Waals surface area contributed by atoms with E-state index in [1.807, 2.05) is 6.08 Å². The molecule has 0 aliphatic heterocycles. The highest BCUT2D eigenvalue weighted by Crippen LogP contribution is 2.88. The fourth-order valence-corrected chi connectivity index (χ4v) is 11.1. The van der Waals surface area contributed by atoms with Crippen molar-refractivity contribution < 1.29 is 9.90 Å². The Morgan fingerprint density at radius 1 is 0.969 bits per heavy atom. The lowest BCUT2D eigenvalue weighted by molar-refractivity contribution is -0.157. The van der Waals surface area contributed by atoms with Crippen LogP contribution in [-0.4, -0.2) is 17.0 Å². The summed E-state index contributed by atoms with van der Waals surface area (Å²) in [5, 5.41) is 10.6. The van der Waals surface area contributed by atoms with Crippen LogP contribution in [0.25, 0.3) is 0 Å². The zero-order valence-corrected chi connectivity index (χ0v) is 21.9. The molecule has 32 heavy (non-hydrogen) atoms. The molecule has 0 aromatic carbocycles. The molecule has 5 rings (SSSR count). The summed E-state index contributed by atoms with van der Waals surface area (Å²) < 4.78 is 0. The molecule has 9 atom stereocenters. The number of aliphatic hydroxyl groups is 1. The van der Waals surface area contributed by atoms with Gasteiger partial charge in [-0.3, -0.25) is 4.79 Å². The van der Waals surface area contributed by atoms with Gasteiger partial charge in [-0.05, 0) is 117 Å². The molecule has 180 valence electrons. The van der Waals surface area contributed by atoms with Crippen LogP contribution in [0.5, 0.6) is 0 Å². The molecule has 0 aromatic rings. The van der Waals surface area contributed by atoms with Gasteiger partial charge >= 0.3 is 0 Å². The summed E-state index contributed by atoms with van der Waals surface area (Å²) >= 11 is 0. The smallest absolute Gasteiger partial charge is 0.138 e. The minimum atomic E-state index is -0.301. The quantitative estimate of drug-likeness (QED) is 0.464. The van der Waals surface area contributed by atoms with Crippen LogP contribution >= 0.6 is 0 Å². The maximum absolute atomic E-state index is 12.8. The van der Waals surface area contributed by atoms with Crippen LogP contribution in [0.2, 0.25) is 0 Å².